The van der Waals surface area contributed by atoms with Gasteiger partial charge in [-0.3, -0.25) is 0 Å². The Balaban J connectivity index is 2.20. The maximum absolute atomic E-state index is 9.40. The molecule has 0 spiro atoms. The number of hydrogen-bond acceptors (Lipinski definition) is 2. The Morgan fingerprint density at radius 2 is 1.30 bits per heavy atom. The lowest BCUT2D eigenvalue weighted by Gasteiger charge is -2.08. The maximum Gasteiger partial charge on any atom is 0.0429 e. The highest BCUT2D eigenvalue weighted by molar-refractivity contribution is 7.94. The van der Waals surface area contributed by atoms with Crippen molar-refractivity contribution in [3.05, 3.63) is 66.7 Å². The lowest BCUT2D eigenvalue weighted by Crippen LogP contribution is -1.81. The van der Waals surface area contributed by atoms with Gasteiger partial charge in [-0.25, -0.2) is 0 Å². The summed E-state index contributed by atoms with van der Waals surface area (Å²) in [6.07, 6.45) is 0. The van der Waals surface area contributed by atoms with Gasteiger partial charge in [0.25, 0.3) is 0 Å². The summed E-state index contributed by atoms with van der Waals surface area (Å²) in [6.45, 7) is 0. The van der Waals surface area contributed by atoms with E-state index in [-0.39, 0.29) is 0 Å². The molecule has 0 unspecified atom stereocenters. The van der Waals surface area contributed by atoms with Crippen LogP contribution in [-0.4, -0.2) is 4.55 Å². The summed E-state index contributed by atoms with van der Waals surface area (Å²) < 4.78 is 9.40. The van der Waals surface area contributed by atoms with Crippen LogP contribution < -0.4 is 0 Å². The Kier molecular flexibility index (Phi) is 2.66. The van der Waals surface area contributed by atoms with Crippen LogP contribution in [0.4, 0.5) is 0 Å². The standard InChI is InChI=1S/C18H12OS/c19-20-18-7-3-5-13-10-16-14(11-17(13)18)9-8-12-4-1-2-6-15(12)16/h1-11,19H. The third kappa shape index (κ3) is 1.69. The van der Waals surface area contributed by atoms with Gasteiger partial charge in [-0.1, -0.05) is 48.5 Å². The van der Waals surface area contributed by atoms with Crippen molar-refractivity contribution in [1.82, 2.24) is 0 Å². The average molecular weight is 276 g/mol. The summed E-state index contributed by atoms with van der Waals surface area (Å²) in [6, 6.07) is 23.1. The predicted molar refractivity (Wildman–Crippen MR) is 87.4 cm³/mol. The third-order valence-electron chi connectivity index (χ3n) is 3.80. The van der Waals surface area contributed by atoms with Crippen molar-refractivity contribution in [1.29, 1.82) is 0 Å². The number of benzene rings is 4. The molecule has 4 aromatic carbocycles. The van der Waals surface area contributed by atoms with Crippen molar-refractivity contribution in [3.63, 3.8) is 0 Å². The molecular weight excluding hydrogens is 264 g/mol. The second kappa shape index (κ2) is 4.51. The van der Waals surface area contributed by atoms with E-state index in [0.29, 0.717) is 0 Å². The zero-order valence-corrected chi connectivity index (χ0v) is 11.5. The average Bonchev–Trinajstić information content (AvgIpc) is 2.52. The SMILES string of the molecule is OSc1cccc2cc3c(ccc4ccccc43)cc12. The molecule has 4 aromatic rings. The fraction of sp³-hybridized carbons (Fsp3) is 0. The quantitative estimate of drug-likeness (QED) is 0.273. The van der Waals surface area contributed by atoms with E-state index in [4.69, 9.17) is 0 Å². The van der Waals surface area contributed by atoms with Crippen LogP contribution in [0.2, 0.25) is 0 Å². The van der Waals surface area contributed by atoms with Crippen molar-refractivity contribution in [3.8, 4) is 0 Å². The molecule has 0 aliphatic rings. The van der Waals surface area contributed by atoms with Crippen molar-refractivity contribution in [2.75, 3.05) is 0 Å². The molecule has 0 aliphatic heterocycles. The van der Waals surface area contributed by atoms with Gasteiger partial charge in [0.1, 0.15) is 0 Å². The van der Waals surface area contributed by atoms with E-state index >= 15 is 0 Å². The van der Waals surface area contributed by atoms with Gasteiger partial charge in [0, 0.05) is 16.9 Å². The van der Waals surface area contributed by atoms with E-state index in [9.17, 15) is 4.55 Å². The van der Waals surface area contributed by atoms with Crippen LogP contribution >= 0.6 is 12.0 Å². The molecule has 0 atom stereocenters. The molecule has 2 heteroatoms. The highest BCUT2D eigenvalue weighted by atomic mass is 32.2. The highest BCUT2D eigenvalue weighted by Crippen LogP contribution is 2.33. The van der Waals surface area contributed by atoms with Crippen molar-refractivity contribution < 1.29 is 4.55 Å². The van der Waals surface area contributed by atoms with E-state index in [1.165, 1.54) is 21.5 Å². The smallest absolute Gasteiger partial charge is 0.0429 e. The third-order valence-corrected chi connectivity index (χ3v) is 4.35. The number of rotatable bonds is 1. The molecule has 20 heavy (non-hydrogen) atoms. The van der Waals surface area contributed by atoms with Gasteiger partial charge in [0.2, 0.25) is 0 Å². The second-order valence-corrected chi connectivity index (χ2v) is 5.55. The predicted octanol–water partition coefficient (Wildman–Crippen LogP) is 5.71. The molecule has 0 radical (unpaired) electrons. The van der Waals surface area contributed by atoms with Crippen LogP contribution in [0.1, 0.15) is 0 Å². The fourth-order valence-corrected chi connectivity index (χ4v) is 3.25. The zero-order valence-electron chi connectivity index (χ0n) is 10.7. The molecule has 0 fully saturated rings. The Morgan fingerprint density at radius 1 is 0.600 bits per heavy atom. The summed E-state index contributed by atoms with van der Waals surface area (Å²) in [5.74, 6) is 0. The van der Waals surface area contributed by atoms with Crippen LogP contribution in [0.15, 0.2) is 71.6 Å². The first-order valence-corrected chi connectivity index (χ1v) is 7.30. The van der Waals surface area contributed by atoms with Crippen molar-refractivity contribution in [2.45, 2.75) is 4.90 Å². The fourth-order valence-electron chi connectivity index (χ4n) is 2.83. The Bertz CT molecular complexity index is 944. The molecule has 0 amide bonds. The maximum atomic E-state index is 9.40. The van der Waals surface area contributed by atoms with Crippen LogP contribution in [0.25, 0.3) is 32.3 Å². The first-order valence-electron chi connectivity index (χ1n) is 6.52. The van der Waals surface area contributed by atoms with Crippen LogP contribution in [0.5, 0.6) is 0 Å². The monoisotopic (exact) mass is 276 g/mol. The van der Waals surface area contributed by atoms with E-state index in [1.54, 1.807) is 0 Å². The molecule has 4 rings (SSSR count). The van der Waals surface area contributed by atoms with Crippen LogP contribution in [-0.2, 0) is 0 Å². The molecule has 0 aliphatic carbocycles. The van der Waals surface area contributed by atoms with Crippen molar-refractivity contribution >= 4 is 44.4 Å². The summed E-state index contributed by atoms with van der Waals surface area (Å²) in [5.41, 5.74) is 0. The molecule has 0 saturated heterocycles. The lowest BCUT2D eigenvalue weighted by atomic mass is 9.98. The Labute approximate surface area is 121 Å². The van der Waals surface area contributed by atoms with E-state index in [2.05, 4.69) is 54.6 Å². The van der Waals surface area contributed by atoms with Gasteiger partial charge in [-0.15, -0.1) is 0 Å². The number of fused-ring (bicyclic) bond motifs is 4. The van der Waals surface area contributed by atoms with Gasteiger partial charge in [0.15, 0.2) is 0 Å². The Morgan fingerprint density at radius 3 is 2.20 bits per heavy atom. The largest absolute Gasteiger partial charge is 0.325 e. The van der Waals surface area contributed by atoms with E-state index < -0.39 is 0 Å². The minimum absolute atomic E-state index is 0.810. The van der Waals surface area contributed by atoms with Gasteiger partial charge < -0.3 is 4.55 Å². The van der Waals surface area contributed by atoms with E-state index in [1.807, 2.05) is 12.1 Å². The van der Waals surface area contributed by atoms with Gasteiger partial charge >= 0.3 is 0 Å². The van der Waals surface area contributed by atoms with Crippen LogP contribution in [0.3, 0.4) is 0 Å². The van der Waals surface area contributed by atoms with Gasteiger partial charge in [-0.05, 0) is 50.5 Å². The van der Waals surface area contributed by atoms with Crippen LogP contribution in [0, 0.1) is 0 Å². The summed E-state index contributed by atoms with van der Waals surface area (Å²) >= 11 is 0.810. The number of hydrogen-bond donors (Lipinski definition) is 1. The minimum Gasteiger partial charge on any atom is -0.325 e. The molecule has 0 bridgehead atoms. The Hall–Kier alpha value is -2.03. The second-order valence-electron chi connectivity index (χ2n) is 4.93. The molecular formula is C18H12OS. The first-order chi connectivity index (χ1) is 9.86. The molecule has 0 aromatic heterocycles. The van der Waals surface area contributed by atoms with Crippen molar-refractivity contribution in [2.24, 2.45) is 0 Å². The van der Waals surface area contributed by atoms with Gasteiger partial charge in [0.05, 0.1) is 0 Å². The summed E-state index contributed by atoms with van der Waals surface area (Å²) in [5, 5.41) is 7.25. The normalized spacial score (nSPS) is 11.4. The summed E-state index contributed by atoms with van der Waals surface area (Å²) in [7, 11) is 0. The topological polar surface area (TPSA) is 20.2 Å². The molecule has 1 nitrogen and oxygen atoms in total. The van der Waals surface area contributed by atoms with E-state index in [0.717, 1.165) is 27.7 Å². The minimum atomic E-state index is 0.810. The molecule has 1 N–H and O–H groups in total. The zero-order chi connectivity index (χ0) is 13.5. The molecule has 0 saturated carbocycles. The lowest BCUT2D eigenvalue weighted by molar-refractivity contribution is 0.664. The first kappa shape index (κ1) is 11.8. The van der Waals surface area contributed by atoms with Gasteiger partial charge in [-0.2, -0.15) is 0 Å². The highest BCUT2D eigenvalue weighted by Gasteiger charge is 2.05. The summed E-state index contributed by atoms with van der Waals surface area (Å²) in [4.78, 5) is 0.901. The molecule has 0 heterocycles. The molecule has 96 valence electrons.